The molecule has 104 valence electrons. The van der Waals surface area contributed by atoms with Gasteiger partial charge in [0.2, 0.25) is 0 Å². The highest BCUT2D eigenvalue weighted by atomic mass is 16.2. The van der Waals surface area contributed by atoms with Crippen molar-refractivity contribution in [3.8, 4) is 0 Å². The van der Waals surface area contributed by atoms with Crippen LogP contribution in [0.3, 0.4) is 0 Å². The van der Waals surface area contributed by atoms with Crippen molar-refractivity contribution in [2.45, 2.75) is 39.7 Å². The maximum absolute atomic E-state index is 12.5. The Morgan fingerprint density at radius 1 is 1.47 bits per heavy atom. The molecule has 1 heterocycles. The molecule has 2 rings (SSSR count). The molecule has 0 bridgehead atoms. The number of pyridine rings is 1. The summed E-state index contributed by atoms with van der Waals surface area (Å²) in [5, 5.41) is 3.18. The lowest BCUT2D eigenvalue weighted by Crippen LogP contribution is -2.38. The fraction of sp³-hybridized carbons (Fsp3) is 0.600. The normalized spacial score (nSPS) is 14.5. The van der Waals surface area contributed by atoms with Crippen LogP contribution >= 0.6 is 0 Å². The van der Waals surface area contributed by atoms with Gasteiger partial charge in [-0.1, -0.05) is 0 Å². The number of carbonyl (C=O) groups is 1. The first-order valence-electron chi connectivity index (χ1n) is 7.12. The summed E-state index contributed by atoms with van der Waals surface area (Å²) < 4.78 is 0. The van der Waals surface area contributed by atoms with Gasteiger partial charge in [-0.25, -0.2) is 4.98 Å². The van der Waals surface area contributed by atoms with Gasteiger partial charge in [0.25, 0.3) is 5.91 Å². The number of amides is 1. The largest absolute Gasteiger partial charge is 0.384 e. The molecule has 0 unspecified atom stereocenters. The predicted octanol–water partition coefficient (Wildman–Crippen LogP) is 2.77. The zero-order valence-corrected chi connectivity index (χ0v) is 12.0. The molecule has 1 aliphatic rings. The number of nitrogens with zero attached hydrogens (tertiary/aromatic N) is 2. The van der Waals surface area contributed by atoms with Crippen LogP contribution in [0.4, 0.5) is 5.69 Å². The van der Waals surface area contributed by atoms with Crippen molar-refractivity contribution in [3.05, 3.63) is 24.0 Å². The molecule has 1 aliphatic carbocycles. The van der Waals surface area contributed by atoms with Crippen molar-refractivity contribution in [3.63, 3.8) is 0 Å². The Morgan fingerprint density at radius 2 is 2.21 bits per heavy atom. The van der Waals surface area contributed by atoms with E-state index in [1.807, 2.05) is 24.0 Å². The number of hydrogen-bond acceptors (Lipinski definition) is 3. The number of carbonyl (C=O) groups excluding carboxylic acids is 1. The number of nitrogens with one attached hydrogen (secondary N) is 1. The molecule has 1 aromatic heterocycles. The first kappa shape index (κ1) is 13.8. The lowest BCUT2D eigenvalue weighted by molar-refractivity contribution is 0.0690. The van der Waals surface area contributed by atoms with Crippen LogP contribution in [0.25, 0.3) is 0 Å². The molecule has 1 aromatic rings. The molecular formula is C15H23N3O. The second kappa shape index (κ2) is 6.04. The van der Waals surface area contributed by atoms with E-state index in [0.29, 0.717) is 11.6 Å². The number of hydrogen-bond donors (Lipinski definition) is 1. The Bertz CT molecular complexity index is 424. The molecule has 1 saturated carbocycles. The molecule has 0 atom stereocenters. The molecule has 0 aliphatic heterocycles. The predicted molar refractivity (Wildman–Crippen MR) is 77.3 cm³/mol. The van der Waals surface area contributed by atoms with E-state index in [1.165, 1.54) is 12.8 Å². The number of rotatable bonds is 6. The topological polar surface area (TPSA) is 45.2 Å². The van der Waals surface area contributed by atoms with Gasteiger partial charge in [0.1, 0.15) is 5.69 Å². The lowest BCUT2D eigenvalue weighted by atomic mass is 10.2. The average Bonchev–Trinajstić information content (AvgIpc) is 3.20. The van der Waals surface area contributed by atoms with Crippen LogP contribution in [0.15, 0.2) is 18.3 Å². The van der Waals surface area contributed by atoms with E-state index < -0.39 is 0 Å². The van der Waals surface area contributed by atoms with Crippen molar-refractivity contribution in [1.82, 2.24) is 9.88 Å². The maximum Gasteiger partial charge on any atom is 0.272 e. The Balaban J connectivity index is 2.06. The minimum atomic E-state index is 0.0462. The van der Waals surface area contributed by atoms with E-state index >= 15 is 0 Å². The number of anilines is 1. The molecular weight excluding hydrogens is 238 g/mol. The summed E-state index contributed by atoms with van der Waals surface area (Å²) >= 11 is 0. The highest BCUT2D eigenvalue weighted by molar-refractivity contribution is 5.92. The summed E-state index contributed by atoms with van der Waals surface area (Å²) in [6.07, 6.45) is 4.24. The second-order valence-corrected chi connectivity index (χ2v) is 5.46. The zero-order valence-electron chi connectivity index (χ0n) is 12.0. The third kappa shape index (κ3) is 3.69. The average molecular weight is 261 g/mol. The third-order valence-corrected chi connectivity index (χ3v) is 3.40. The molecule has 0 saturated heterocycles. The van der Waals surface area contributed by atoms with Gasteiger partial charge < -0.3 is 10.2 Å². The Morgan fingerprint density at radius 3 is 2.68 bits per heavy atom. The van der Waals surface area contributed by atoms with Gasteiger partial charge in [0.15, 0.2) is 0 Å². The van der Waals surface area contributed by atoms with Gasteiger partial charge in [-0.3, -0.25) is 4.79 Å². The Hall–Kier alpha value is -1.58. The number of aromatic nitrogens is 1. The molecule has 0 aromatic carbocycles. The fourth-order valence-corrected chi connectivity index (χ4v) is 2.08. The minimum Gasteiger partial charge on any atom is -0.384 e. The van der Waals surface area contributed by atoms with Gasteiger partial charge in [0.05, 0.1) is 11.9 Å². The van der Waals surface area contributed by atoms with Crippen molar-refractivity contribution < 1.29 is 4.79 Å². The van der Waals surface area contributed by atoms with Crippen molar-refractivity contribution in [1.29, 1.82) is 0 Å². The first-order chi connectivity index (χ1) is 9.11. The third-order valence-electron chi connectivity index (χ3n) is 3.40. The molecule has 4 nitrogen and oxygen atoms in total. The molecule has 0 spiro atoms. The quantitative estimate of drug-likeness (QED) is 0.856. The monoisotopic (exact) mass is 261 g/mol. The van der Waals surface area contributed by atoms with Gasteiger partial charge in [0, 0.05) is 19.1 Å². The van der Waals surface area contributed by atoms with Crippen LogP contribution in [0.5, 0.6) is 0 Å². The van der Waals surface area contributed by atoms with Crippen LogP contribution < -0.4 is 5.32 Å². The molecule has 19 heavy (non-hydrogen) atoms. The highest BCUT2D eigenvalue weighted by Gasteiger charge is 2.29. The molecule has 1 N–H and O–H groups in total. The van der Waals surface area contributed by atoms with Crippen LogP contribution in [-0.4, -0.2) is 34.9 Å². The van der Waals surface area contributed by atoms with Crippen LogP contribution in [0.1, 0.15) is 44.1 Å². The smallest absolute Gasteiger partial charge is 0.272 e. The minimum absolute atomic E-state index is 0.0462. The van der Waals surface area contributed by atoms with Crippen LogP contribution in [-0.2, 0) is 0 Å². The summed E-state index contributed by atoms with van der Waals surface area (Å²) in [6.45, 7) is 7.89. The van der Waals surface area contributed by atoms with Gasteiger partial charge in [-0.05, 0) is 51.7 Å². The van der Waals surface area contributed by atoms with E-state index in [9.17, 15) is 4.79 Å². The second-order valence-electron chi connectivity index (χ2n) is 5.46. The Labute approximate surface area is 115 Å². The lowest BCUT2D eigenvalue weighted by Gasteiger charge is -2.26. The van der Waals surface area contributed by atoms with E-state index in [4.69, 9.17) is 0 Å². The first-order valence-corrected chi connectivity index (χ1v) is 7.12. The molecule has 1 fully saturated rings. The molecule has 0 radical (unpaired) electrons. The SMILES string of the molecule is CCNc1ccc(C(=O)N(CC2CC2)C(C)C)nc1. The summed E-state index contributed by atoms with van der Waals surface area (Å²) in [5.74, 6) is 0.748. The summed E-state index contributed by atoms with van der Waals surface area (Å²) in [6, 6.07) is 3.95. The van der Waals surface area contributed by atoms with E-state index in [1.54, 1.807) is 6.20 Å². The van der Waals surface area contributed by atoms with Gasteiger partial charge in [-0.2, -0.15) is 0 Å². The van der Waals surface area contributed by atoms with E-state index in [2.05, 4.69) is 24.1 Å². The summed E-state index contributed by atoms with van der Waals surface area (Å²) in [7, 11) is 0. The summed E-state index contributed by atoms with van der Waals surface area (Å²) in [4.78, 5) is 18.7. The van der Waals surface area contributed by atoms with Crippen molar-refractivity contribution in [2.75, 3.05) is 18.4 Å². The Kier molecular flexibility index (Phi) is 4.40. The van der Waals surface area contributed by atoms with Crippen LogP contribution in [0.2, 0.25) is 0 Å². The zero-order chi connectivity index (χ0) is 13.8. The van der Waals surface area contributed by atoms with Gasteiger partial charge >= 0.3 is 0 Å². The van der Waals surface area contributed by atoms with E-state index in [0.717, 1.165) is 18.8 Å². The standard InChI is InChI=1S/C15H23N3O/c1-4-16-13-7-8-14(17-9-13)15(19)18(11(2)3)10-12-5-6-12/h7-9,11-12,16H,4-6,10H2,1-3H3. The van der Waals surface area contributed by atoms with Crippen molar-refractivity contribution in [2.24, 2.45) is 5.92 Å². The van der Waals surface area contributed by atoms with E-state index in [-0.39, 0.29) is 11.9 Å². The van der Waals surface area contributed by atoms with Crippen LogP contribution in [0, 0.1) is 5.92 Å². The van der Waals surface area contributed by atoms with Gasteiger partial charge in [-0.15, -0.1) is 0 Å². The molecule has 4 heteroatoms. The van der Waals surface area contributed by atoms with Crippen molar-refractivity contribution >= 4 is 11.6 Å². The summed E-state index contributed by atoms with van der Waals surface area (Å²) in [5.41, 5.74) is 1.49. The fourth-order valence-electron chi connectivity index (χ4n) is 2.08. The highest BCUT2D eigenvalue weighted by Crippen LogP contribution is 2.30. The molecule has 1 amide bonds. The maximum atomic E-state index is 12.5.